The lowest BCUT2D eigenvalue weighted by Crippen LogP contribution is -2.17. The Morgan fingerprint density at radius 2 is 1.91 bits per heavy atom. The van der Waals surface area contributed by atoms with Crippen LogP contribution in [0.1, 0.15) is 24.5 Å². The van der Waals surface area contributed by atoms with Gasteiger partial charge in [0, 0.05) is 17.1 Å². The van der Waals surface area contributed by atoms with Gasteiger partial charge in [0.05, 0.1) is 7.11 Å². The number of hydrogen-bond acceptors (Lipinski definition) is 2. The molecule has 1 N–H and O–H groups in total. The van der Waals surface area contributed by atoms with Crippen molar-refractivity contribution < 1.29 is 9.53 Å². The Kier molecular flexibility index (Phi) is 6.05. The van der Waals surface area contributed by atoms with E-state index in [1.807, 2.05) is 49.4 Å². The molecule has 0 unspecified atom stereocenters. The number of ether oxygens (including phenoxy) is 1. The van der Waals surface area contributed by atoms with Crippen molar-refractivity contribution in [3.8, 4) is 5.75 Å². The van der Waals surface area contributed by atoms with Gasteiger partial charge in [-0.25, -0.2) is 0 Å². The summed E-state index contributed by atoms with van der Waals surface area (Å²) in [5, 5.41) is 3.60. The summed E-state index contributed by atoms with van der Waals surface area (Å²) >= 11 is 6.07. The Morgan fingerprint density at radius 3 is 2.57 bits per heavy atom. The Bertz CT molecular complexity index is 668. The molecule has 0 fully saturated rings. The zero-order valence-corrected chi connectivity index (χ0v) is 14.5. The summed E-state index contributed by atoms with van der Waals surface area (Å²) in [7, 11) is 1.65. The van der Waals surface area contributed by atoms with Crippen LogP contribution in [0.2, 0.25) is 5.02 Å². The maximum Gasteiger partial charge on any atom is 0.224 e. The van der Waals surface area contributed by atoms with Gasteiger partial charge in [-0.05, 0) is 54.7 Å². The number of anilines is 1. The van der Waals surface area contributed by atoms with Gasteiger partial charge in [-0.3, -0.25) is 4.79 Å². The number of nitrogens with one attached hydrogen (secondary N) is 1. The van der Waals surface area contributed by atoms with E-state index in [0.29, 0.717) is 11.4 Å². The van der Waals surface area contributed by atoms with Crippen LogP contribution in [0.4, 0.5) is 5.69 Å². The van der Waals surface area contributed by atoms with Crippen LogP contribution in [0.3, 0.4) is 0 Å². The third-order valence-corrected chi connectivity index (χ3v) is 4.23. The number of carbonyl (C=O) groups is 1. The lowest BCUT2D eigenvalue weighted by Gasteiger charge is -2.13. The Balaban J connectivity index is 1.90. The van der Waals surface area contributed by atoms with Crippen molar-refractivity contribution in [2.75, 3.05) is 12.4 Å². The average molecular weight is 332 g/mol. The summed E-state index contributed by atoms with van der Waals surface area (Å²) in [5.41, 5.74) is 2.87. The monoisotopic (exact) mass is 331 g/mol. The number of methoxy groups -OCH3 is 1. The molecule has 0 spiro atoms. The van der Waals surface area contributed by atoms with Crippen molar-refractivity contribution in [2.45, 2.75) is 26.7 Å². The highest BCUT2D eigenvalue weighted by molar-refractivity contribution is 6.31. The highest BCUT2D eigenvalue weighted by Gasteiger charge is 2.12. The highest BCUT2D eigenvalue weighted by atomic mass is 35.5. The summed E-state index contributed by atoms with van der Waals surface area (Å²) in [6, 6.07) is 13.5. The van der Waals surface area contributed by atoms with E-state index in [2.05, 4.69) is 12.2 Å². The number of benzene rings is 2. The molecule has 3 nitrogen and oxygen atoms in total. The Hall–Kier alpha value is -2.00. The van der Waals surface area contributed by atoms with Crippen molar-refractivity contribution in [1.82, 2.24) is 0 Å². The fourth-order valence-electron chi connectivity index (χ4n) is 2.50. The predicted octanol–water partition coefficient (Wildman–Crippen LogP) is 4.86. The molecule has 0 aromatic heterocycles. The quantitative estimate of drug-likeness (QED) is 0.820. The van der Waals surface area contributed by atoms with Crippen LogP contribution in [0.25, 0.3) is 0 Å². The van der Waals surface area contributed by atoms with Crippen LogP contribution >= 0.6 is 11.6 Å². The van der Waals surface area contributed by atoms with E-state index in [1.165, 1.54) is 5.56 Å². The van der Waals surface area contributed by atoms with Gasteiger partial charge in [0.2, 0.25) is 5.91 Å². The third-order valence-electron chi connectivity index (χ3n) is 3.82. The molecular weight excluding hydrogens is 310 g/mol. The van der Waals surface area contributed by atoms with Crippen LogP contribution in [0.5, 0.6) is 5.75 Å². The van der Waals surface area contributed by atoms with Gasteiger partial charge >= 0.3 is 0 Å². The first kappa shape index (κ1) is 17.4. The van der Waals surface area contributed by atoms with E-state index in [9.17, 15) is 4.79 Å². The zero-order valence-electron chi connectivity index (χ0n) is 13.7. The van der Waals surface area contributed by atoms with Crippen molar-refractivity contribution in [2.24, 2.45) is 5.92 Å². The van der Waals surface area contributed by atoms with Crippen LogP contribution < -0.4 is 10.1 Å². The molecule has 4 heteroatoms. The lowest BCUT2D eigenvalue weighted by molar-refractivity contribution is -0.116. The van der Waals surface area contributed by atoms with Crippen LogP contribution in [0, 0.1) is 12.8 Å². The van der Waals surface area contributed by atoms with Gasteiger partial charge in [0.1, 0.15) is 5.75 Å². The molecule has 2 rings (SSSR count). The van der Waals surface area contributed by atoms with E-state index < -0.39 is 0 Å². The van der Waals surface area contributed by atoms with Crippen LogP contribution in [-0.4, -0.2) is 13.0 Å². The molecule has 122 valence electrons. The second-order valence-electron chi connectivity index (χ2n) is 5.82. The third kappa shape index (κ3) is 5.00. The number of carbonyl (C=O) groups excluding carboxylic acids is 1. The lowest BCUT2D eigenvalue weighted by atomic mass is 9.97. The molecule has 2 aromatic carbocycles. The van der Waals surface area contributed by atoms with E-state index in [4.69, 9.17) is 16.3 Å². The largest absolute Gasteiger partial charge is 0.497 e. The number of halogens is 1. The second kappa shape index (κ2) is 8.02. The molecule has 0 radical (unpaired) electrons. The molecule has 0 aliphatic heterocycles. The summed E-state index contributed by atoms with van der Waals surface area (Å²) < 4.78 is 5.15. The molecule has 0 aliphatic carbocycles. The zero-order chi connectivity index (χ0) is 16.8. The van der Waals surface area contributed by atoms with Gasteiger partial charge in [0.25, 0.3) is 0 Å². The molecule has 23 heavy (non-hydrogen) atoms. The van der Waals surface area contributed by atoms with Gasteiger partial charge in [-0.2, -0.15) is 0 Å². The maximum atomic E-state index is 12.2. The van der Waals surface area contributed by atoms with Crippen LogP contribution in [-0.2, 0) is 11.2 Å². The van der Waals surface area contributed by atoms with E-state index in [0.717, 1.165) is 23.4 Å². The smallest absolute Gasteiger partial charge is 0.224 e. The SMILES string of the molecule is COc1ccc(C[C@@H](C)CC(=O)Nc2cccc(Cl)c2C)cc1. The predicted molar refractivity (Wildman–Crippen MR) is 95.3 cm³/mol. The van der Waals surface area contributed by atoms with Crippen LogP contribution in [0.15, 0.2) is 42.5 Å². The summed E-state index contributed by atoms with van der Waals surface area (Å²) in [6.07, 6.45) is 1.32. The Morgan fingerprint density at radius 1 is 1.22 bits per heavy atom. The van der Waals surface area contributed by atoms with Gasteiger partial charge in [-0.1, -0.05) is 36.7 Å². The molecule has 1 amide bonds. The van der Waals surface area contributed by atoms with E-state index in [-0.39, 0.29) is 11.8 Å². The van der Waals surface area contributed by atoms with Crippen molar-refractivity contribution in [3.05, 3.63) is 58.6 Å². The summed E-state index contributed by atoms with van der Waals surface area (Å²) in [6.45, 7) is 3.98. The van der Waals surface area contributed by atoms with Gasteiger partial charge in [0.15, 0.2) is 0 Å². The molecule has 0 heterocycles. The van der Waals surface area contributed by atoms with Crippen molar-refractivity contribution in [3.63, 3.8) is 0 Å². The molecule has 0 saturated carbocycles. The topological polar surface area (TPSA) is 38.3 Å². The Labute approximate surface area is 142 Å². The normalized spacial score (nSPS) is 11.8. The molecule has 1 atom stereocenters. The van der Waals surface area contributed by atoms with Gasteiger partial charge in [-0.15, -0.1) is 0 Å². The first-order valence-corrected chi connectivity index (χ1v) is 8.05. The van der Waals surface area contributed by atoms with E-state index in [1.54, 1.807) is 7.11 Å². The average Bonchev–Trinajstić information content (AvgIpc) is 2.52. The molecule has 0 saturated heterocycles. The number of amides is 1. The molecule has 0 bridgehead atoms. The standard InChI is InChI=1S/C19H22ClNO2/c1-13(11-15-7-9-16(23-3)10-8-15)12-19(22)21-18-6-4-5-17(20)14(18)2/h4-10,13H,11-12H2,1-3H3,(H,21,22)/t13-/m1/s1. The fourth-order valence-corrected chi connectivity index (χ4v) is 2.67. The van der Waals surface area contributed by atoms with Crippen molar-refractivity contribution >= 4 is 23.2 Å². The molecule has 0 aliphatic rings. The summed E-state index contributed by atoms with van der Waals surface area (Å²) in [5.74, 6) is 1.11. The van der Waals surface area contributed by atoms with Crippen molar-refractivity contribution in [1.29, 1.82) is 0 Å². The molecule has 2 aromatic rings. The molecular formula is C19H22ClNO2. The second-order valence-corrected chi connectivity index (χ2v) is 6.23. The minimum absolute atomic E-state index is 0.0105. The number of rotatable bonds is 6. The highest BCUT2D eigenvalue weighted by Crippen LogP contribution is 2.23. The first-order chi connectivity index (χ1) is 11.0. The number of hydrogen-bond donors (Lipinski definition) is 1. The minimum Gasteiger partial charge on any atom is -0.497 e. The fraction of sp³-hybridized carbons (Fsp3) is 0.316. The first-order valence-electron chi connectivity index (χ1n) is 7.67. The minimum atomic E-state index is 0.0105. The maximum absolute atomic E-state index is 12.2. The summed E-state index contributed by atoms with van der Waals surface area (Å²) in [4.78, 5) is 12.2. The van der Waals surface area contributed by atoms with Gasteiger partial charge < -0.3 is 10.1 Å². The van der Waals surface area contributed by atoms with E-state index >= 15 is 0 Å².